The topological polar surface area (TPSA) is 77.3 Å². The fraction of sp³-hybridized carbons (Fsp3) is 0.583. The van der Waals surface area contributed by atoms with Crippen LogP contribution in [0.3, 0.4) is 0 Å². The van der Waals surface area contributed by atoms with E-state index in [0.717, 1.165) is 19.6 Å². The minimum absolute atomic E-state index is 0.0641. The Labute approximate surface area is 106 Å². The average molecular weight is 251 g/mol. The Bertz CT molecular complexity index is 432. The van der Waals surface area contributed by atoms with Crippen LogP contribution in [0, 0.1) is 15.5 Å². The lowest BCUT2D eigenvalue weighted by Crippen LogP contribution is -2.17. The Balaban J connectivity index is 1.90. The van der Waals surface area contributed by atoms with Gasteiger partial charge in [-0.1, -0.05) is 0 Å². The molecule has 6 nitrogen and oxygen atoms in total. The monoisotopic (exact) mass is 251 g/mol. The number of nitrogens with one attached hydrogen (secondary N) is 1. The Morgan fingerprint density at radius 1 is 1.61 bits per heavy atom. The van der Waals surface area contributed by atoms with Crippen molar-refractivity contribution in [3.8, 4) is 0 Å². The normalized spacial score (nSPS) is 16.3. The maximum atomic E-state index is 10.6. The van der Waals surface area contributed by atoms with Crippen molar-refractivity contribution in [3.63, 3.8) is 0 Å². The van der Waals surface area contributed by atoms with Gasteiger partial charge in [0.1, 0.15) is 5.82 Å². The number of ether oxygens (including phenoxy) is 1. The van der Waals surface area contributed by atoms with Gasteiger partial charge in [-0.2, -0.15) is 0 Å². The van der Waals surface area contributed by atoms with Crippen molar-refractivity contribution in [1.29, 1.82) is 0 Å². The number of hydrogen-bond acceptors (Lipinski definition) is 5. The third-order valence-electron chi connectivity index (χ3n) is 3.39. The summed E-state index contributed by atoms with van der Waals surface area (Å²) in [7, 11) is 1.70. The molecule has 1 aliphatic rings. The summed E-state index contributed by atoms with van der Waals surface area (Å²) in [5.74, 6) is 0.563. The zero-order valence-corrected chi connectivity index (χ0v) is 10.4. The van der Waals surface area contributed by atoms with Crippen LogP contribution >= 0.6 is 0 Å². The molecule has 6 heteroatoms. The van der Waals surface area contributed by atoms with Crippen LogP contribution in [0.2, 0.25) is 0 Å². The number of nitrogens with zero attached hydrogens (tertiary/aromatic N) is 2. The van der Waals surface area contributed by atoms with E-state index in [4.69, 9.17) is 4.74 Å². The Kier molecular flexibility index (Phi) is 3.76. The van der Waals surface area contributed by atoms with Gasteiger partial charge in [0.05, 0.1) is 11.0 Å². The predicted octanol–water partition coefficient (Wildman–Crippen LogP) is 2.22. The third kappa shape index (κ3) is 3.16. The van der Waals surface area contributed by atoms with E-state index in [1.165, 1.54) is 31.2 Å². The first kappa shape index (κ1) is 12.8. The molecule has 1 aromatic rings. The number of pyridine rings is 1. The fourth-order valence-corrected chi connectivity index (χ4v) is 1.92. The van der Waals surface area contributed by atoms with Gasteiger partial charge in [-0.15, -0.1) is 0 Å². The van der Waals surface area contributed by atoms with Crippen molar-refractivity contribution in [1.82, 2.24) is 4.98 Å². The molecule has 0 saturated heterocycles. The van der Waals surface area contributed by atoms with E-state index in [1.807, 2.05) is 0 Å². The molecule has 1 fully saturated rings. The molecular weight excluding hydrogens is 234 g/mol. The molecule has 0 unspecified atom stereocenters. The number of methoxy groups -OCH3 is 1. The molecule has 1 heterocycles. The first-order chi connectivity index (χ1) is 8.65. The molecule has 0 amide bonds. The van der Waals surface area contributed by atoms with Gasteiger partial charge in [-0.25, -0.2) is 4.98 Å². The highest BCUT2D eigenvalue weighted by Crippen LogP contribution is 2.48. The van der Waals surface area contributed by atoms with Crippen molar-refractivity contribution >= 4 is 11.5 Å². The lowest BCUT2D eigenvalue weighted by atomic mass is 10.0. The summed E-state index contributed by atoms with van der Waals surface area (Å²) >= 11 is 0. The molecule has 0 aliphatic heterocycles. The van der Waals surface area contributed by atoms with Crippen LogP contribution in [0.15, 0.2) is 18.3 Å². The van der Waals surface area contributed by atoms with Crippen molar-refractivity contribution < 1.29 is 9.66 Å². The van der Waals surface area contributed by atoms with E-state index in [2.05, 4.69) is 10.3 Å². The molecule has 18 heavy (non-hydrogen) atoms. The highest BCUT2D eigenvalue weighted by molar-refractivity contribution is 5.44. The van der Waals surface area contributed by atoms with E-state index >= 15 is 0 Å². The SMILES string of the molecule is COCCC1(CNc2cc([N+](=O)[O-])ccn2)CC1. The Morgan fingerprint density at radius 3 is 3.00 bits per heavy atom. The van der Waals surface area contributed by atoms with Gasteiger partial charge < -0.3 is 10.1 Å². The van der Waals surface area contributed by atoms with Crippen LogP contribution in [0.25, 0.3) is 0 Å². The number of rotatable bonds is 7. The van der Waals surface area contributed by atoms with Gasteiger partial charge in [-0.3, -0.25) is 10.1 Å². The van der Waals surface area contributed by atoms with Gasteiger partial charge in [0.25, 0.3) is 5.69 Å². The van der Waals surface area contributed by atoms with Crippen LogP contribution in [0.1, 0.15) is 19.3 Å². The van der Waals surface area contributed by atoms with Crippen molar-refractivity contribution in [2.24, 2.45) is 5.41 Å². The highest BCUT2D eigenvalue weighted by Gasteiger charge is 2.41. The van der Waals surface area contributed by atoms with Crippen LogP contribution in [-0.2, 0) is 4.74 Å². The fourth-order valence-electron chi connectivity index (χ4n) is 1.92. The minimum Gasteiger partial charge on any atom is -0.385 e. The van der Waals surface area contributed by atoms with E-state index in [-0.39, 0.29) is 5.69 Å². The van der Waals surface area contributed by atoms with Crippen LogP contribution in [0.4, 0.5) is 11.5 Å². The largest absolute Gasteiger partial charge is 0.385 e. The zero-order chi connectivity index (χ0) is 13.0. The molecule has 0 bridgehead atoms. The van der Waals surface area contributed by atoms with Gasteiger partial charge in [0.2, 0.25) is 0 Å². The van der Waals surface area contributed by atoms with E-state index in [9.17, 15) is 10.1 Å². The molecular formula is C12H17N3O3. The second-order valence-corrected chi connectivity index (χ2v) is 4.75. The number of aromatic nitrogens is 1. The molecule has 0 radical (unpaired) electrons. The van der Waals surface area contributed by atoms with Gasteiger partial charge >= 0.3 is 0 Å². The van der Waals surface area contributed by atoms with Crippen LogP contribution in [0.5, 0.6) is 0 Å². The molecule has 1 saturated carbocycles. The van der Waals surface area contributed by atoms with E-state index < -0.39 is 4.92 Å². The molecule has 98 valence electrons. The minimum atomic E-state index is -0.412. The summed E-state index contributed by atoms with van der Waals surface area (Å²) in [4.78, 5) is 14.3. The second-order valence-electron chi connectivity index (χ2n) is 4.75. The summed E-state index contributed by atoms with van der Waals surface area (Å²) in [6.07, 6.45) is 4.83. The molecule has 1 aliphatic carbocycles. The smallest absolute Gasteiger partial charge is 0.274 e. The molecule has 2 rings (SSSR count). The van der Waals surface area contributed by atoms with Crippen molar-refractivity contribution in [2.45, 2.75) is 19.3 Å². The summed E-state index contributed by atoms with van der Waals surface area (Å²) in [5.41, 5.74) is 0.358. The molecule has 1 aromatic heterocycles. The standard InChI is InChI=1S/C12H17N3O3/c1-18-7-5-12(3-4-12)9-14-11-8-10(15(16)17)2-6-13-11/h2,6,8H,3-5,7,9H2,1H3,(H,13,14). The first-order valence-corrected chi connectivity index (χ1v) is 5.98. The Morgan fingerprint density at radius 2 is 2.39 bits per heavy atom. The number of anilines is 1. The number of hydrogen-bond donors (Lipinski definition) is 1. The zero-order valence-electron chi connectivity index (χ0n) is 10.4. The quantitative estimate of drug-likeness (QED) is 0.594. The number of nitro groups is 1. The maximum absolute atomic E-state index is 10.6. The summed E-state index contributed by atoms with van der Waals surface area (Å²) in [6.45, 7) is 1.55. The molecule has 0 atom stereocenters. The lowest BCUT2D eigenvalue weighted by molar-refractivity contribution is -0.384. The van der Waals surface area contributed by atoms with Crippen molar-refractivity contribution in [3.05, 3.63) is 28.4 Å². The summed E-state index contributed by atoms with van der Waals surface area (Å²) < 4.78 is 5.09. The van der Waals surface area contributed by atoms with E-state index in [1.54, 1.807) is 7.11 Å². The maximum Gasteiger partial charge on any atom is 0.274 e. The van der Waals surface area contributed by atoms with E-state index in [0.29, 0.717) is 11.2 Å². The van der Waals surface area contributed by atoms with Crippen LogP contribution < -0.4 is 5.32 Å². The third-order valence-corrected chi connectivity index (χ3v) is 3.39. The predicted molar refractivity (Wildman–Crippen MR) is 67.5 cm³/mol. The first-order valence-electron chi connectivity index (χ1n) is 5.98. The van der Waals surface area contributed by atoms with Gasteiger partial charge in [0, 0.05) is 32.5 Å². The summed E-state index contributed by atoms with van der Waals surface area (Å²) in [6, 6.07) is 2.86. The highest BCUT2D eigenvalue weighted by atomic mass is 16.6. The van der Waals surface area contributed by atoms with Crippen LogP contribution in [-0.4, -0.2) is 30.2 Å². The lowest BCUT2D eigenvalue weighted by Gasteiger charge is -2.15. The average Bonchev–Trinajstić information content (AvgIpc) is 3.15. The second kappa shape index (κ2) is 5.30. The van der Waals surface area contributed by atoms with Gasteiger partial charge in [-0.05, 0) is 24.7 Å². The molecule has 1 N–H and O–H groups in total. The summed E-state index contributed by atoms with van der Waals surface area (Å²) in [5, 5.41) is 13.8. The molecule has 0 spiro atoms. The van der Waals surface area contributed by atoms with Gasteiger partial charge in [0.15, 0.2) is 0 Å². The van der Waals surface area contributed by atoms with Crippen molar-refractivity contribution in [2.75, 3.05) is 25.6 Å². The Hall–Kier alpha value is -1.69. The molecule has 0 aromatic carbocycles.